The van der Waals surface area contributed by atoms with Gasteiger partial charge >= 0.3 is 5.97 Å². The molecule has 1 amide bonds. The van der Waals surface area contributed by atoms with Crippen LogP contribution >= 0.6 is 15.9 Å². The molecule has 4 bridgehead atoms. The average Bonchev–Trinajstić information content (AvgIpc) is 2.52. The number of carbonyl (C=O) groups excluding carboxylic acids is 2. The summed E-state index contributed by atoms with van der Waals surface area (Å²) in [7, 11) is 0. The molecule has 1 aromatic carbocycles. The normalized spacial score (nSPS) is 33.3. The first kappa shape index (κ1) is 16.1. The summed E-state index contributed by atoms with van der Waals surface area (Å²) in [6.45, 7) is -0.200. The highest BCUT2D eigenvalue weighted by atomic mass is 79.9. The van der Waals surface area contributed by atoms with E-state index in [2.05, 4.69) is 21.2 Å². The summed E-state index contributed by atoms with van der Waals surface area (Å²) in [5.41, 5.74) is 0.694. The summed E-state index contributed by atoms with van der Waals surface area (Å²) in [5.74, 6) is 2.21. The van der Waals surface area contributed by atoms with E-state index in [0.717, 1.165) is 16.3 Å². The molecular weight excluding hydrogens is 370 g/mol. The number of benzene rings is 1. The van der Waals surface area contributed by atoms with E-state index >= 15 is 0 Å². The Kier molecular flexibility index (Phi) is 4.37. The fraction of sp³-hybridized carbons (Fsp3) is 0.579. The molecule has 0 spiro atoms. The van der Waals surface area contributed by atoms with Crippen molar-refractivity contribution in [2.45, 2.75) is 32.1 Å². The molecule has 4 saturated carbocycles. The maximum Gasteiger partial charge on any atom is 0.310 e. The lowest BCUT2D eigenvalue weighted by molar-refractivity contribution is -0.164. The van der Waals surface area contributed by atoms with Crippen LogP contribution < -0.4 is 5.32 Å². The molecule has 4 aliphatic carbocycles. The lowest BCUT2D eigenvalue weighted by atomic mass is 9.52. The lowest BCUT2D eigenvalue weighted by Gasteiger charge is -2.53. The maximum atomic E-state index is 12.5. The number of anilines is 1. The summed E-state index contributed by atoms with van der Waals surface area (Å²) < 4.78 is 6.26. The lowest BCUT2D eigenvalue weighted by Crippen LogP contribution is -2.48. The molecule has 0 unspecified atom stereocenters. The van der Waals surface area contributed by atoms with E-state index in [9.17, 15) is 9.59 Å². The molecule has 5 heteroatoms. The van der Waals surface area contributed by atoms with Gasteiger partial charge in [-0.15, -0.1) is 0 Å². The van der Waals surface area contributed by atoms with Gasteiger partial charge < -0.3 is 10.1 Å². The number of esters is 1. The van der Waals surface area contributed by atoms with Gasteiger partial charge in [-0.2, -0.15) is 0 Å². The first-order valence-electron chi connectivity index (χ1n) is 8.80. The Hall–Kier alpha value is -1.36. The monoisotopic (exact) mass is 391 g/mol. The van der Waals surface area contributed by atoms with Crippen LogP contribution in [-0.2, 0) is 14.3 Å². The van der Waals surface area contributed by atoms with Gasteiger partial charge in [-0.25, -0.2) is 0 Å². The first-order chi connectivity index (χ1) is 11.6. The molecule has 0 atom stereocenters. The summed E-state index contributed by atoms with van der Waals surface area (Å²) in [6, 6.07) is 7.36. The van der Waals surface area contributed by atoms with Gasteiger partial charge in [0.15, 0.2) is 6.61 Å². The van der Waals surface area contributed by atoms with E-state index in [1.165, 1.54) is 32.1 Å². The predicted molar refractivity (Wildman–Crippen MR) is 94.3 cm³/mol. The van der Waals surface area contributed by atoms with E-state index in [1.807, 2.05) is 24.3 Å². The van der Waals surface area contributed by atoms with Crippen LogP contribution in [0.15, 0.2) is 28.7 Å². The zero-order valence-corrected chi connectivity index (χ0v) is 15.1. The van der Waals surface area contributed by atoms with Crippen LogP contribution in [0.4, 0.5) is 5.69 Å². The largest absolute Gasteiger partial charge is 0.455 e. The Morgan fingerprint density at radius 2 is 1.75 bits per heavy atom. The van der Waals surface area contributed by atoms with Gasteiger partial charge in [-0.05, 0) is 74.0 Å². The van der Waals surface area contributed by atoms with Crippen molar-refractivity contribution >= 4 is 33.5 Å². The maximum absolute atomic E-state index is 12.5. The van der Waals surface area contributed by atoms with Gasteiger partial charge in [-0.3, -0.25) is 9.59 Å². The quantitative estimate of drug-likeness (QED) is 0.788. The Labute approximate surface area is 150 Å². The fourth-order valence-corrected chi connectivity index (χ4v) is 5.71. The van der Waals surface area contributed by atoms with Gasteiger partial charge in [-0.1, -0.05) is 22.0 Å². The van der Waals surface area contributed by atoms with Crippen molar-refractivity contribution < 1.29 is 14.3 Å². The summed E-state index contributed by atoms with van der Waals surface area (Å²) in [5, 5.41) is 2.76. The Morgan fingerprint density at radius 3 is 2.38 bits per heavy atom. The SMILES string of the molecule is O=C(COC(=O)C1C2CC3CC(C2)CC1C3)Nc1cccc(Br)c1. The molecule has 0 heterocycles. The number of amides is 1. The molecule has 1 N–H and O–H groups in total. The van der Waals surface area contributed by atoms with Crippen LogP contribution in [0, 0.1) is 29.6 Å². The third-order valence-electron chi connectivity index (χ3n) is 5.95. The number of hydrogen-bond acceptors (Lipinski definition) is 3. The average molecular weight is 392 g/mol. The summed E-state index contributed by atoms with van der Waals surface area (Å²) in [6.07, 6.45) is 6.08. The Balaban J connectivity index is 1.31. The smallest absolute Gasteiger partial charge is 0.310 e. The van der Waals surface area contributed by atoms with Crippen molar-refractivity contribution in [3.05, 3.63) is 28.7 Å². The third-order valence-corrected chi connectivity index (χ3v) is 6.45. The molecule has 5 rings (SSSR count). The molecular formula is C19H22BrNO3. The minimum Gasteiger partial charge on any atom is -0.455 e. The third kappa shape index (κ3) is 3.23. The molecule has 4 fully saturated rings. The molecule has 128 valence electrons. The molecule has 24 heavy (non-hydrogen) atoms. The van der Waals surface area contributed by atoms with Crippen molar-refractivity contribution in [3.63, 3.8) is 0 Å². The minimum atomic E-state index is -0.287. The van der Waals surface area contributed by atoms with Crippen molar-refractivity contribution in [2.24, 2.45) is 29.6 Å². The molecule has 0 aromatic heterocycles. The minimum absolute atomic E-state index is 0.0245. The van der Waals surface area contributed by atoms with Crippen molar-refractivity contribution in [3.8, 4) is 0 Å². The first-order valence-corrected chi connectivity index (χ1v) is 9.60. The Morgan fingerprint density at radius 1 is 1.08 bits per heavy atom. The van der Waals surface area contributed by atoms with Gasteiger partial charge in [0.05, 0.1) is 5.92 Å². The van der Waals surface area contributed by atoms with Crippen LogP contribution in [0.1, 0.15) is 32.1 Å². The number of halogens is 1. The van der Waals surface area contributed by atoms with E-state index in [-0.39, 0.29) is 24.4 Å². The van der Waals surface area contributed by atoms with E-state index in [0.29, 0.717) is 17.5 Å². The van der Waals surface area contributed by atoms with Gasteiger partial charge in [0.2, 0.25) is 0 Å². The molecule has 0 radical (unpaired) electrons. The predicted octanol–water partition coefficient (Wildman–Crippen LogP) is 4.00. The fourth-order valence-electron chi connectivity index (χ4n) is 5.31. The molecule has 0 aliphatic heterocycles. The number of nitrogens with one attached hydrogen (secondary N) is 1. The van der Waals surface area contributed by atoms with Crippen LogP contribution in [0.2, 0.25) is 0 Å². The van der Waals surface area contributed by atoms with Crippen molar-refractivity contribution in [2.75, 3.05) is 11.9 Å². The van der Waals surface area contributed by atoms with E-state index < -0.39 is 0 Å². The van der Waals surface area contributed by atoms with Crippen molar-refractivity contribution in [1.82, 2.24) is 0 Å². The topological polar surface area (TPSA) is 55.4 Å². The number of carbonyl (C=O) groups is 2. The highest BCUT2D eigenvalue weighted by Crippen LogP contribution is 2.56. The van der Waals surface area contributed by atoms with Crippen LogP contribution in [0.5, 0.6) is 0 Å². The van der Waals surface area contributed by atoms with Crippen LogP contribution in [-0.4, -0.2) is 18.5 Å². The van der Waals surface area contributed by atoms with E-state index in [4.69, 9.17) is 4.74 Å². The summed E-state index contributed by atoms with van der Waals surface area (Å²) in [4.78, 5) is 24.5. The summed E-state index contributed by atoms with van der Waals surface area (Å²) >= 11 is 3.37. The number of rotatable bonds is 4. The van der Waals surface area contributed by atoms with E-state index in [1.54, 1.807) is 0 Å². The Bertz CT molecular complexity index is 632. The second-order valence-corrected chi connectivity index (χ2v) is 8.54. The highest BCUT2D eigenvalue weighted by molar-refractivity contribution is 9.10. The zero-order chi connectivity index (χ0) is 16.7. The van der Waals surface area contributed by atoms with Gasteiger partial charge in [0.25, 0.3) is 5.91 Å². The van der Waals surface area contributed by atoms with Gasteiger partial charge in [0, 0.05) is 10.2 Å². The number of ether oxygens (including phenoxy) is 1. The highest BCUT2D eigenvalue weighted by Gasteiger charge is 2.51. The molecule has 4 aliphatic rings. The molecule has 1 aromatic rings. The van der Waals surface area contributed by atoms with Crippen LogP contribution in [0.25, 0.3) is 0 Å². The second kappa shape index (κ2) is 6.51. The van der Waals surface area contributed by atoms with Gasteiger partial charge in [0.1, 0.15) is 0 Å². The standard InChI is InChI=1S/C19H22BrNO3/c20-15-2-1-3-16(9-15)21-17(22)10-24-19(23)18-13-5-11-4-12(7-13)8-14(18)6-11/h1-3,9,11-14,18H,4-8,10H2,(H,21,22). The van der Waals surface area contributed by atoms with Crippen LogP contribution in [0.3, 0.4) is 0 Å². The molecule has 0 saturated heterocycles. The zero-order valence-electron chi connectivity index (χ0n) is 13.5. The van der Waals surface area contributed by atoms with Crippen molar-refractivity contribution in [1.29, 1.82) is 0 Å². The molecule has 4 nitrogen and oxygen atoms in total. The number of hydrogen-bond donors (Lipinski definition) is 1. The second-order valence-electron chi connectivity index (χ2n) is 7.62.